The first-order valence-electron chi connectivity index (χ1n) is 25.7. The summed E-state index contributed by atoms with van der Waals surface area (Å²) in [6.07, 6.45) is 52.5. The number of hydrogen-bond acceptors (Lipinski definition) is 5. The van der Waals surface area contributed by atoms with Crippen LogP contribution in [0.2, 0.25) is 0 Å². The highest BCUT2D eigenvalue weighted by Gasteiger charge is 2.27. The van der Waals surface area contributed by atoms with Gasteiger partial charge in [-0.25, -0.2) is 4.57 Å². The summed E-state index contributed by atoms with van der Waals surface area (Å²) in [6.45, 7) is 4.84. The minimum Gasteiger partial charge on any atom is -0.387 e. The van der Waals surface area contributed by atoms with Crippen LogP contribution >= 0.6 is 7.82 Å². The second kappa shape index (κ2) is 43.2. The fraction of sp³-hybridized carbons (Fsp3) is 0.902. The number of carbonyl (C=O) groups is 1. The highest BCUT2D eigenvalue weighted by molar-refractivity contribution is 7.47. The molecule has 0 aromatic carbocycles. The first-order valence-corrected chi connectivity index (χ1v) is 27.2. The number of carbonyl (C=O) groups excluding carboxylic acids is 1. The van der Waals surface area contributed by atoms with Crippen LogP contribution in [0, 0.1) is 0 Å². The van der Waals surface area contributed by atoms with Crippen LogP contribution in [0.4, 0.5) is 0 Å². The minimum absolute atomic E-state index is 0.0620. The molecule has 0 rings (SSSR count). The summed E-state index contributed by atoms with van der Waals surface area (Å²) < 4.78 is 23.6. The number of rotatable bonds is 47. The molecular weight excluding hydrogens is 768 g/mol. The van der Waals surface area contributed by atoms with Gasteiger partial charge < -0.3 is 19.8 Å². The first kappa shape index (κ1) is 59.0. The van der Waals surface area contributed by atoms with Gasteiger partial charge in [0.1, 0.15) is 13.2 Å². The first-order chi connectivity index (χ1) is 29.0. The lowest BCUT2D eigenvalue weighted by atomic mass is 10.0. The van der Waals surface area contributed by atoms with Crippen LogP contribution in [-0.4, -0.2) is 73.4 Å². The molecule has 0 saturated carbocycles. The number of phosphoric acid groups is 1. The summed E-state index contributed by atoms with van der Waals surface area (Å²) in [5, 5.41) is 13.9. The van der Waals surface area contributed by atoms with Gasteiger partial charge in [-0.3, -0.25) is 13.8 Å². The molecule has 0 heterocycles. The molecule has 0 fully saturated rings. The second-order valence-corrected chi connectivity index (χ2v) is 20.4. The number of hydrogen-bond donors (Lipinski definition) is 3. The molecule has 60 heavy (non-hydrogen) atoms. The summed E-state index contributed by atoms with van der Waals surface area (Å²) in [5.74, 6) is -0.179. The highest BCUT2D eigenvalue weighted by Crippen LogP contribution is 2.43. The topological polar surface area (TPSA) is 105 Å². The van der Waals surface area contributed by atoms with Crippen LogP contribution in [0.15, 0.2) is 24.3 Å². The van der Waals surface area contributed by atoms with E-state index in [2.05, 4.69) is 31.3 Å². The van der Waals surface area contributed by atoms with E-state index in [4.69, 9.17) is 9.05 Å². The average molecular weight is 870 g/mol. The highest BCUT2D eigenvalue weighted by atomic mass is 31.2. The van der Waals surface area contributed by atoms with Crippen molar-refractivity contribution in [3.8, 4) is 0 Å². The molecule has 356 valence electrons. The summed E-state index contributed by atoms with van der Waals surface area (Å²) in [7, 11) is 1.58. The van der Waals surface area contributed by atoms with E-state index in [-0.39, 0.29) is 19.1 Å². The van der Waals surface area contributed by atoms with Crippen molar-refractivity contribution in [1.82, 2.24) is 5.32 Å². The molecule has 0 aliphatic heterocycles. The van der Waals surface area contributed by atoms with Crippen LogP contribution in [0.3, 0.4) is 0 Å². The zero-order chi connectivity index (χ0) is 44.3. The van der Waals surface area contributed by atoms with Gasteiger partial charge in [0.05, 0.1) is 39.9 Å². The number of quaternary nitrogens is 1. The maximum absolute atomic E-state index is 12.9. The minimum atomic E-state index is -4.34. The smallest absolute Gasteiger partial charge is 0.387 e. The average Bonchev–Trinajstić information content (AvgIpc) is 3.20. The van der Waals surface area contributed by atoms with Gasteiger partial charge in [0.2, 0.25) is 5.91 Å². The van der Waals surface area contributed by atoms with Crippen LogP contribution in [0.1, 0.15) is 245 Å². The van der Waals surface area contributed by atoms with E-state index in [0.29, 0.717) is 17.4 Å². The summed E-state index contributed by atoms with van der Waals surface area (Å²) >= 11 is 0. The number of nitrogens with zero attached hydrogens (tertiary/aromatic N) is 1. The summed E-state index contributed by atoms with van der Waals surface area (Å²) in [4.78, 5) is 23.2. The Kier molecular flexibility index (Phi) is 42.5. The molecule has 0 aliphatic rings. The number of allylic oxidation sites excluding steroid dienone is 3. The fourth-order valence-electron chi connectivity index (χ4n) is 7.57. The number of aliphatic hydroxyl groups excluding tert-OH is 1. The Morgan fingerprint density at radius 2 is 0.900 bits per heavy atom. The number of aliphatic hydroxyl groups is 1. The van der Waals surface area contributed by atoms with Gasteiger partial charge in [0.25, 0.3) is 0 Å². The van der Waals surface area contributed by atoms with Crippen molar-refractivity contribution in [2.24, 2.45) is 0 Å². The third kappa shape index (κ3) is 45.0. The van der Waals surface area contributed by atoms with E-state index in [1.165, 1.54) is 186 Å². The van der Waals surface area contributed by atoms with E-state index in [0.717, 1.165) is 38.5 Å². The molecule has 0 spiro atoms. The molecule has 0 saturated heterocycles. The van der Waals surface area contributed by atoms with Gasteiger partial charge >= 0.3 is 7.82 Å². The van der Waals surface area contributed by atoms with Gasteiger partial charge in [-0.1, -0.05) is 218 Å². The van der Waals surface area contributed by atoms with E-state index >= 15 is 0 Å². The molecule has 0 aromatic rings. The summed E-state index contributed by atoms with van der Waals surface area (Å²) in [6, 6.07) is -0.846. The molecule has 3 atom stereocenters. The molecule has 8 nitrogen and oxygen atoms in total. The van der Waals surface area contributed by atoms with E-state index in [9.17, 15) is 19.4 Å². The fourth-order valence-corrected chi connectivity index (χ4v) is 8.30. The lowest BCUT2D eigenvalue weighted by Gasteiger charge is -2.25. The standard InChI is InChI=1S/C51H101N2O6P/c1-6-8-10-12-14-16-18-20-22-24-25-26-27-28-29-31-33-35-37-39-41-43-45-51(55)52-49(48-59-60(56,57)58-47-46-53(3,4)5)50(54)44-42-40-38-36-34-32-30-23-21-19-17-15-13-11-9-7-2/h27-28,42,44,49-50,54H,6-26,29-41,43,45-48H2,1-5H3,(H-,52,55,56,57)/p+1/b28-27-,44-42+. The molecule has 3 N–H and O–H groups in total. The number of unbranched alkanes of at least 4 members (excludes halogenated alkanes) is 32. The molecule has 3 unspecified atom stereocenters. The number of phosphoric ester groups is 1. The van der Waals surface area contributed by atoms with Crippen LogP contribution in [-0.2, 0) is 18.4 Å². The molecule has 1 amide bonds. The van der Waals surface area contributed by atoms with Gasteiger partial charge in [-0.2, -0.15) is 0 Å². The number of amides is 1. The number of nitrogens with one attached hydrogen (secondary N) is 1. The van der Waals surface area contributed by atoms with Crippen LogP contribution in [0.5, 0.6) is 0 Å². The maximum Gasteiger partial charge on any atom is 0.472 e. The van der Waals surface area contributed by atoms with Crippen molar-refractivity contribution in [3.05, 3.63) is 24.3 Å². The van der Waals surface area contributed by atoms with E-state index < -0.39 is 20.0 Å². The molecule has 0 bridgehead atoms. The van der Waals surface area contributed by atoms with E-state index in [1.54, 1.807) is 6.08 Å². The van der Waals surface area contributed by atoms with Crippen molar-refractivity contribution in [3.63, 3.8) is 0 Å². The third-order valence-electron chi connectivity index (χ3n) is 11.7. The SMILES string of the molecule is CCCCCCCCCCCCC/C=C\CCCCCCCCCC(=O)NC(COP(=O)(O)OCC[N+](C)(C)C)C(O)/C=C/CCCCCCCCCCCCCCCC. The van der Waals surface area contributed by atoms with Gasteiger partial charge in [0.15, 0.2) is 0 Å². The third-order valence-corrected chi connectivity index (χ3v) is 12.6. The Morgan fingerprint density at radius 3 is 1.28 bits per heavy atom. The zero-order valence-corrected chi connectivity index (χ0v) is 41.4. The monoisotopic (exact) mass is 870 g/mol. The molecule has 0 aliphatic carbocycles. The van der Waals surface area contributed by atoms with Crippen molar-refractivity contribution >= 4 is 13.7 Å². The maximum atomic E-state index is 12.9. The molecular formula is C51H102N2O6P+. The molecule has 9 heteroatoms. The molecule has 0 radical (unpaired) electrons. The lowest BCUT2D eigenvalue weighted by molar-refractivity contribution is -0.870. The largest absolute Gasteiger partial charge is 0.472 e. The van der Waals surface area contributed by atoms with Crippen molar-refractivity contribution < 1.29 is 32.9 Å². The predicted molar refractivity (Wildman–Crippen MR) is 258 cm³/mol. The van der Waals surface area contributed by atoms with Crippen molar-refractivity contribution in [1.29, 1.82) is 0 Å². The van der Waals surface area contributed by atoms with Gasteiger partial charge in [-0.15, -0.1) is 0 Å². The Morgan fingerprint density at radius 1 is 0.550 bits per heavy atom. The normalized spacial score (nSPS) is 14.3. The second-order valence-electron chi connectivity index (χ2n) is 18.9. The van der Waals surface area contributed by atoms with Crippen LogP contribution < -0.4 is 5.32 Å². The van der Waals surface area contributed by atoms with Crippen molar-refractivity contribution in [2.75, 3.05) is 40.9 Å². The Labute approximate surface area is 373 Å². The van der Waals surface area contributed by atoms with Gasteiger partial charge in [-0.05, 0) is 44.9 Å². The summed E-state index contributed by atoms with van der Waals surface area (Å²) in [5.41, 5.74) is 0. The Hall–Kier alpha value is -1.02. The van der Waals surface area contributed by atoms with Crippen LogP contribution in [0.25, 0.3) is 0 Å². The van der Waals surface area contributed by atoms with E-state index in [1.807, 2.05) is 27.2 Å². The number of likely N-dealkylation sites (N-methyl/N-ethyl adjacent to an activating group) is 1. The predicted octanol–water partition coefficient (Wildman–Crippen LogP) is 14.9. The van der Waals surface area contributed by atoms with Gasteiger partial charge in [0, 0.05) is 6.42 Å². The zero-order valence-electron chi connectivity index (χ0n) is 40.5. The molecule has 0 aromatic heterocycles. The Bertz CT molecular complexity index is 1030. The van der Waals surface area contributed by atoms with Crippen molar-refractivity contribution in [2.45, 2.75) is 257 Å². The quantitative estimate of drug-likeness (QED) is 0.0243. The Balaban J connectivity index is 4.28. The lowest BCUT2D eigenvalue weighted by Crippen LogP contribution is -2.45.